The van der Waals surface area contributed by atoms with Crippen molar-refractivity contribution in [2.24, 2.45) is 5.41 Å². The fourth-order valence-corrected chi connectivity index (χ4v) is 7.82. The number of rotatable bonds is 5. The van der Waals surface area contributed by atoms with Crippen molar-refractivity contribution in [2.45, 2.75) is 64.2 Å². The van der Waals surface area contributed by atoms with Crippen LogP contribution in [0.2, 0.25) is 0 Å². The quantitative estimate of drug-likeness (QED) is 0.334. The summed E-state index contributed by atoms with van der Waals surface area (Å²) in [4.78, 5) is 15.9. The van der Waals surface area contributed by atoms with Gasteiger partial charge in [0.1, 0.15) is 5.75 Å². The van der Waals surface area contributed by atoms with Crippen LogP contribution in [0.25, 0.3) is 11.1 Å². The van der Waals surface area contributed by atoms with E-state index in [4.69, 9.17) is 0 Å². The highest BCUT2D eigenvalue weighted by Gasteiger charge is 2.33. The van der Waals surface area contributed by atoms with Gasteiger partial charge in [-0.15, -0.1) is 0 Å². The Balaban J connectivity index is 1.22. The van der Waals surface area contributed by atoms with Gasteiger partial charge < -0.3 is 15.1 Å². The third-order valence-corrected chi connectivity index (χ3v) is 9.95. The molecule has 3 aliphatic rings. The number of aliphatic carboxylic acids is 1. The number of phenolic OH excluding ortho intramolecular Hbond substituents is 1. The van der Waals surface area contributed by atoms with E-state index < -0.39 is 5.97 Å². The predicted octanol–water partition coefficient (Wildman–Crippen LogP) is 7.62. The first kappa shape index (κ1) is 28.5. The molecule has 1 aliphatic carbocycles. The number of nitrogens with zero attached hydrogens (tertiary/aromatic N) is 2. The molecule has 0 amide bonds. The zero-order valence-electron chi connectivity index (χ0n) is 24.7. The number of carboxylic acid groups (broad SMARTS) is 1. The van der Waals surface area contributed by atoms with Crippen molar-refractivity contribution in [3.63, 3.8) is 0 Å². The molecule has 2 aliphatic heterocycles. The summed E-state index contributed by atoms with van der Waals surface area (Å²) in [6, 6.07) is 25.9. The van der Waals surface area contributed by atoms with Gasteiger partial charge in [0.25, 0.3) is 0 Å². The van der Waals surface area contributed by atoms with Crippen LogP contribution < -0.4 is 4.90 Å². The summed E-state index contributed by atoms with van der Waals surface area (Å²) in [6.07, 6.45) is 11.4. The molecule has 220 valence electrons. The molecular formula is C37H44N2O3. The van der Waals surface area contributed by atoms with Crippen LogP contribution in [0, 0.1) is 5.41 Å². The van der Waals surface area contributed by atoms with E-state index in [9.17, 15) is 15.0 Å². The normalized spacial score (nSPS) is 19.9. The van der Waals surface area contributed by atoms with E-state index in [1.54, 1.807) is 0 Å². The van der Waals surface area contributed by atoms with Crippen LogP contribution in [-0.4, -0.2) is 53.8 Å². The number of fused-ring (bicyclic) bond motifs is 1. The van der Waals surface area contributed by atoms with Crippen LogP contribution in [0.4, 0.5) is 5.69 Å². The maximum absolute atomic E-state index is 11.2. The molecule has 0 aromatic heterocycles. The Labute approximate surface area is 250 Å². The lowest BCUT2D eigenvalue weighted by Crippen LogP contribution is -2.36. The second-order valence-corrected chi connectivity index (χ2v) is 12.7. The molecule has 42 heavy (non-hydrogen) atoms. The fourth-order valence-electron chi connectivity index (χ4n) is 7.82. The Kier molecular flexibility index (Phi) is 8.66. The van der Waals surface area contributed by atoms with Gasteiger partial charge in [0.2, 0.25) is 0 Å². The molecule has 2 saturated heterocycles. The molecule has 0 unspecified atom stereocenters. The van der Waals surface area contributed by atoms with Crippen molar-refractivity contribution in [1.82, 2.24) is 4.90 Å². The average Bonchev–Trinajstić information content (AvgIpc) is 3.31. The van der Waals surface area contributed by atoms with Gasteiger partial charge in [0.15, 0.2) is 0 Å². The minimum absolute atomic E-state index is 0.175. The maximum Gasteiger partial charge on any atom is 0.317 e. The topological polar surface area (TPSA) is 64.0 Å². The zero-order valence-corrected chi connectivity index (χ0v) is 24.7. The lowest BCUT2D eigenvalue weighted by Gasteiger charge is -2.37. The molecule has 3 aromatic rings. The highest BCUT2D eigenvalue weighted by atomic mass is 16.4. The van der Waals surface area contributed by atoms with Gasteiger partial charge in [0.05, 0.1) is 6.54 Å². The summed E-state index contributed by atoms with van der Waals surface area (Å²) in [5.74, 6) is -0.371. The maximum atomic E-state index is 11.2. The number of benzene rings is 3. The summed E-state index contributed by atoms with van der Waals surface area (Å²) in [7, 11) is 0. The molecule has 6 rings (SSSR count). The number of carboxylic acids is 1. The van der Waals surface area contributed by atoms with Gasteiger partial charge in [-0.05, 0) is 140 Å². The highest BCUT2D eigenvalue weighted by molar-refractivity contribution is 6.00. The monoisotopic (exact) mass is 564 g/mol. The molecule has 0 atom stereocenters. The largest absolute Gasteiger partial charge is 0.508 e. The van der Waals surface area contributed by atoms with Gasteiger partial charge in [-0.3, -0.25) is 9.69 Å². The van der Waals surface area contributed by atoms with Crippen molar-refractivity contribution in [1.29, 1.82) is 0 Å². The molecule has 5 heteroatoms. The van der Waals surface area contributed by atoms with Crippen LogP contribution in [0.15, 0.2) is 72.8 Å². The summed E-state index contributed by atoms with van der Waals surface area (Å²) in [5.41, 5.74) is 9.36. The van der Waals surface area contributed by atoms with Crippen molar-refractivity contribution >= 4 is 22.8 Å². The second-order valence-electron chi connectivity index (χ2n) is 12.7. The van der Waals surface area contributed by atoms with E-state index in [-0.39, 0.29) is 6.54 Å². The third-order valence-electron chi connectivity index (χ3n) is 9.95. The van der Waals surface area contributed by atoms with Gasteiger partial charge >= 0.3 is 5.97 Å². The lowest BCUT2D eigenvalue weighted by molar-refractivity contribution is -0.138. The number of hydrogen-bond acceptors (Lipinski definition) is 4. The van der Waals surface area contributed by atoms with E-state index in [1.165, 1.54) is 71.2 Å². The first-order valence-corrected chi connectivity index (χ1v) is 15.9. The average molecular weight is 565 g/mol. The van der Waals surface area contributed by atoms with Crippen molar-refractivity contribution < 1.29 is 15.0 Å². The number of carbonyl (C=O) groups is 1. The molecule has 1 spiro atoms. The van der Waals surface area contributed by atoms with Gasteiger partial charge in [-0.2, -0.15) is 0 Å². The second kappa shape index (κ2) is 12.7. The first-order chi connectivity index (χ1) is 20.5. The summed E-state index contributed by atoms with van der Waals surface area (Å²) in [5, 5.41) is 19.5. The van der Waals surface area contributed by atoms with Crippen molar-refractivity contribution in [3.8, 4) is 5.75 Å². The number of likely N-dealkylation sites (tertiary alicyclic amines) is 1. The number of aryl methyl sites for hydroxylation is 1. The molecule has 2 heterocycles. The number of aromatic hydroxyl groups is 1. The molecular weight excluding hydrogens is 520 g/mol. The highest BCUT2D eigenvalue weighted by Crippen LogP contribution is 2.43. The van der Waals surface area contributed by atoms with Crippen LogP contribution in [0.3, 0.4) is 0 Å². The minimum Gasteiger partial charge on any atom is -0.508 e. The molecule has 2 fully saturated rings. The van der Waals surface area contributed by atoms with Crippen molar-refractivity contribution in [3.05, 3.63) is 95.1 Å². The predicted molar refractivity (Wildman–Crippen MR) is 171 cm³/mol. The van der Waals surface area contributed by atoms with E-state index in [2.05, 4.69) is 70.5 Å². The van der Waals surface area contributed by atoms with Gasteiger partial charge in [0, 0.05) is 18.8 Å². The first-order valence-electron chi connectivity index (χ1n) is 15.9. The zero-order chi connectivity index (χ0) is 28.9. The Bertz CT molecular complexity index is 1400. The molecule has 0 saturated carbocycles. The Morgan fingerprint density at radius 3 is 2.17 bits per heavy atom. The summed E-state index contributed by atoms with van der Waals surface area (Å²) >= 11 is 0. The lowest BCUT2D eigenvalue weighted by atomic mass is 9.72. The SMILES string of the molecule is O=C(O)CN1CCCC2(CCC1)CCCN(c1ccc(C3=C(c4ccccc4)CCCc4cc(O)ccc43)cc1)CC2. The Morgan fingerprint density at radius 1 is 0.738 bits per heavy atom. The summed E-state index contributed by atoms with van der Waals surface area (Å²) in [6.45, 7) is 4.16. The fraction of sp³-hybridized carbons (Fsp3) is 0.432. The standard InChI is InChI=1S/C37H44N2O3/c40-32-16-17-34-30(26-32)10-4-11-33(28-8-2-1-3-9-28)36(34)29-12-14-31(15-13-29)39-24-7-20-37(21-25-39)18-5-22-38(23-6-19-37)27-35(41)42/h1-3,8-9,12-17,26,40H,4-7,10-11,18-25,27H2,(H,41,42). The molecule has 0 bridgehead atoms. The van der Waals surface area contributed by atoms with Crippen LogP contribution in [0.5, 0.6) is 5.75 Å². The Hall–Kier alpha value is -3.57. The van der Waals surface area contributed by atoms with Crippen LogP contribution >= 0.6 is 0 Å². The van der Waals surface area contributed by atoms with Gasteiger partial charge in [-0.1, -0.05) is 48.5 Å². The van der Waals surface area contributed by atoms with E-state index >= 15 is 0 Å². The Morgan fingerprint density at radius 2 is 1.45 bits per heavy atom. The van der Waals surface area contributed by atoms with E-state index in [0.29, 0.717) is 11.2 Å². The number of phenols is 1. The third kappa shape index (κ3) is 6.42. The number of anilines is 1. The number of hydrogen-bond donors (Lipinski definition) is 2. The van der Waals surface area contributed by atoms with E-state index in [1.807, 2.05) is 12.1 Å². The number of allylic oxidation sites excluding steroid dienone is 1. The molecule has 5 nitrogen and oxygen atoms in total. The van der Waals surface area contributed by atoms with Gasteiger partial charge in [-0.25, -0.2) is 0 Å². The molecule has 0 radical (unpaired) electrons. The minimum atomic E-state index is -0.712. The van der Waals surface area contributed by atoms with E-state index in [0.717, 1.165) is 58.3 Å². The smallest absolute Gasteiger partial charge is 0.317 e. The van der Waals surface area contributed by atoms with Crippen molar-refractivity contribution in [2.75, 3.05) is 37.6 Å². The van der Waals surface area contributed by atoms with Crippen LogP contribution in [-0.2, 0) is 11.2 Å². The molecule has 2 N–H and O–H groups in total. The van der Waals surface area contributed by atoms with Crippen LogP contribution in [0.1, 0.15) is 80.0 Å². The molecule has 3 aromatic carbocycles. The summed E-state index contributed by atoms with van der Waals surface area (Å²) < 4.78 is 0.